The minimum Gasteiger partial charge on any atom is -0.508 e. The third-order valence-electron chi connectivity index (χ3n) is 5.46. The molecule has 4 N–H and O–H groups in total. The van der Waals surface area contributed by atoms with E-state index in [4.69, 9.17) is 0 Å². The van der Waals surface area contributed by atoms with E-state index in [1.165, 1.54) is 0 Å². The van der Waals surface area contributed by atoms with Crippen molar-refractivity contribution in [1.29, 1.82) is 0 Å². The molecule has 0 fully saturated rings. The van der Waals surface area contributed by atoms with Crippen LogP contribution in [-0.2, 0) is 19.3 Å². The van der Waals surface area contributed by atoms with Gasteiger partial charge in [-0.3, -0.25) is 0 Å². The van der Waals surface area contributed by atoms with E-state index in [1.807, 2.05) is 48.5 Å². The fraction of sp³-hybridized carbons (Fsp3) is 0.111. The number of benzene rings is 4. The zero-order valence-electron chi connectivity index (χ0n) is 17.0. The highest BCUT2D eigenvalue weighted by Crippen LogP contribution is 2.33. The van der Waals surface area contributed by atoms with Crippen LogP contribution in [0, 0.1) is 0 Å². The van der Waals surface area contributed by atoms with E-state index in [-0.39, 0.29) is 23.0 Å². The van der Waals surface area contributed by atoms with Crippen molar-refractivity contribution in [3.63, 3.8) is 0 Å². The molecule has 0 unspecified atom stereocenters. The molecule has 0 amide bonds. The number of phenols is 4. The Morgan fingerprint density at radius 2 is 0.774 bits per heavy atom. The molecule has 0 aromatic heterocycles. The summed E-state index contributed by atoms with van der Waals surface area (Å²) in [5.41, 5.74) is 4.50. The first-order chi connectivity index (χ1) is 15.0. The van der Waals surface area contributed by atoms with E-state index in [1.54, 1.807) is 36.4 Å². The molecule has 0 saturated carbocycles. The lowest BCUT2D eigenvalue weighted by atomic mass is 9.92. The molecule has 4 rings (SSSR count). The first-order valence-electron chi connectivity index (χ1n) is 10.2. The van der Waals surface area contributed by atoms with E-state index in [0.29, 0.717) is 41.5 Å². The number of hydrogen-bond acceptors (Lipinski definition) is 4. The van der Waals surface area contributed by atoms with Crippen molar-refractivity contribution in [3.05, 3.63) is 118 Å². The first kappa shape index (κ1) is 20.4. The van der Waals surface area contributed by atoms with Gasteiger partial charge in [-0.25, -0.2) is 0 Å². The predicted octanol–water partition coefficient (Wildman–Crippen LogP) is 5.28. The molecule has 4 aromatic rings. The molecule has 0 saturated heterocycles. The van der Waals surface area contributed by atoms with Gasteiger partial charge in [0, 0.05) is 19.3 Å². The monoisotopic (exact) mass is 412 g/mol. The second-order valence-corrected chi connectivity index (χ2v) is 7.68. The Kier molecular flexibility index (Phi) is 5.80. The lowest BCUT2D eigenvalue weighted by molar-refractivity contribution is 0.456. The third kappa shape index (κ3) is 4.64. The molecule has 0 aliphatic carbocycles. The van der Waals surface area contributed by atoms with Gasteiger partial charge >= 0.3 is 0 Å². The van der Waals surface area contributed by atoms with Gasteiger partial charge in [-0.05, 0) is 51.6 Å². The Morgan fingerprint density at radius 3 is 1.16 bits per heavy atom. The van der Waals surface area contributed by atoms with Gasteiger partial charge in [0.1, 0.15) is 23.0 Å². The maximum Gasteiger partial charge on any atom is 0.122 e. The van der Waals surface area contributed by atoms with Gasteiger partial charge in [-0.2, -0.15) is 0 Å². The van der Waals surface area contributed by atoms with Crippen molar-refractivity contribution in [2.75, 3.05) is 0 Å². The smallest absolute Gasteiger partial charge is 0.122 e. The van der Waals surface area contributed by atoms with Crippen LogP contribution in [0.1, 0.15) is 33.4 Å². The Labute approximate surface area is 181 Å². The largest absolute Gasteiger partial charge is 0.508 e. The molecule has 0 radical (unpaired) electrons. The maximum absolute atomic E-state index is 11.0. The zero-order chi connectivity index (χ0) is 21.8. The van der Waals surface area contributed by atoms with E-state index in [2.05, 4.69) is 0 Å². The third-order valence-corrected chi connectivity index (χ3v) is 5.46. The van der Waals surface area contributed by atoms with Gasteiger partial charge in [0.15, 0.2) is 0 Å². The van der Waals surface area contributed by atoms with Crippen LogP contribution in [0.5, 0.6) is 23.0 Å². The molecule has 0 aliphatic rings. The normalized spacial score (nSPS) is 10.8. The van der Waals surface area contributed by atoms with Crippen LogP contribution < -0.4 is 0 Å². The molecule has 0 atom stereocenters. The summed E-state index contributed by atoms with van der Waals surface area (Å²) in [5.74, 6) is 0.721. The Balaban J connectivity index is 1.76. The summed E-state index contributed by atoms with van der Waals surface area (Å²) in [7, 11) is 0. The second-order valence-electron chi connectivity index (χ2n) is 7.68. The molecule has 0 bridgehead atoms. The lowest BCUT2D eigenvalue weighted by Gasteiger charge is -2.15. The van der Waals surface area contributed by atoms with E-state index in [0.717, 1.165) is 11.1 Å². The molecule has 156 valence electrons. The van der Waals surface area contributed by atoms with Gasteiger partial charge in [0.2, 0.25) is 0 Å². The van der Waals surface area contributed by atoms with Gasteiger partial charge in [-0.1, -0.05) is 66.7 Å². The van der Waals surface area contributed by atoms with Crippen molar-refractivity contribution >= 4 is 0 Å². The molecule has 31 heavy (non-hydrogen) atoms. The molecule has 4 aromatic carbocycles. The highest BCUT2D eigenvalue weighted by molar-refractivity contribution is 5.51. The first-order valence-corrected chi connectivity index (χ1v) is 10.2. The molecule has 0 spiro atoms. The van der Waals surface area contributed by atoms with Crippen molar-refractivity contribution in [2.24, 2.45) is 0 Å². The van der Waals surface area contributed by atoms with Crippen molar-refractivity contribution in [1.82, 2.24) is 0 Å². The summed E-state index contributed by atoms with van der Waals surface area (Å²) in [6.45, 7) is 0. The molecule has 0 heterocycles. The summed E-state index contributed by atoms with van der Waals surface area (Å²) in [5, 5.41) is 41.6. The standard InChI is InChI=1S/C27H24O4/c28-24-10-4-1-7-19(24)13-18-14-22(16-20-8-2-5-11-25(20)29)27(31)23(15-18)17-21-9-3-6-12-26(21)30/h1-12,14-15,28-31H,13,16-17H2. The van der Waals surface area contributed by atoms with E-state index < -0.39 is 0 Å². The van der Waals surface area contributed by atoms with Crippen LogP contribution in [0.4, 0.5) is 0 Å². The average molecular weight is 412 g/mol. The summed E-state index contributed by atoms with van der Waals surface area (Å²) in [4.78, 5) is 0. The Bertz CT molecular complexity index is 1140. The molecular formula is C27H24O4. The SMILES string of the molecule is Oc1ccccc1Cc1cc(Cc2ccccc2O)c(O)c(Cc2ccccc2O)c1. The fourth-order valence-electron chi connectivity index (χ4n) is 3.81. The maximum atomic E-state index is 11.0. The van der Waals surface area contributed by atoms with Gasteiger partial charge < -0.3 is 20.4 Å². The number of phenolic OH excluding ortho intramolecular Hbond substituents is 4. The van der Waals surface area contributed by atoms with Crippen molar-refractivity contribution < 1.29 is 20.4 Å². The minimum atomic E-state index is 0.146. The summed E-state index contributed by atoms with van der Waals surface area (Å²) in [6, 6.07) is 25.1. The number of rotatable bonds is 6. The van der Waals surface area contributed by atoms with Crippen LogP contribution in [0.3, 0.4) is 0 Å². The highest BCUT2D eigenvalue weighted by atomic mass is 16.3. The topological polar surface area (TPSA) is 80.9 Å². The lowest BCUT2D eigenvalue weighted by Crippen LogP contribution is -1.99. The number of para-hydroxylation sites is 3. The van der Waals surface area contributed by atoms with Crippen LogP contribution in [0.2, 0.25) is 0 Å². The van der Waals surface area contributed by atoms with Crippen LogP contribution >= 0.6 is 0 Å². The molecule has 0 aliphatic heterocycles. The zero-order valence-corrected chi connectivity index (χ0v) is 17.0. The quantitative estimate of drug-likeness (QED) is 0.347. The van der Waals surface area contributed by atoms with E-state index in [9.17, 15) is 20.4 Å². The van der Waals surface area contributed by atoms with Gasteiger partial charge in [0.25, 0.3) is 0 Å². The fourth-order valence-corrected chi connectivity index (χ4v) is 3.81. The van der Waals surface area contributed by atoms with Gasteiger partial charge in [-0.15, -0.1) is 0 Å². The summed E-state index contributed by atoms with van der Waals surface area (Å²) < 4.78 is 0. The van der Waals surface area contributed by atoms with Crippen LogP contribution in [0.25, 0.3) is 0 Å². The number of aromatic hydroxyl groups is 4. The summed E-state index contributed by atoms with van der Waals surface area (Å²) in [6.07, 6.45) is 1.22. The van der Waals surface area contributed by atoms with Crippen molar-refractivity contribution in [3.8, 4) is 23.0 Å². The predicted molar refractivity (Wildman–Crippen MR) is 121 cm³/mol. The minimum absolute atomic E-state index is 0.146. The molecule has 4 heteroatoms. The Morgan fingerprint density at radius 1 is 0.419 bits per heavy atom. The van der Waals surface area contributed by atoms with Gasteiger partial charge in [0.05, 0.1) is 0 Å². The molecule has 4 nitrogen and oxygen atoms in total. The Hall–Kier alpha value is -3.92. The van der Waals surface area contributed by atoms with Crippen LogP contribution in [-0.4, -0.2) is 20.4 Å². The number of hydrogen-bond donors (Lipinski definition) is 4. The highest BCUT2D eigenvalue weighted by Gasteiger charge is 2.15. The second kappa shape index (κ2) is 8.84. The van der Waals surface area contributed by atoms with E-state index >= 15 is 0 Å². The van der Waals surface area contributed by atoms with Crippen LogP contribution in [0.15, 0.2) is 84.9 Å². The average Bonchev–Trinajstić information content (AvgIpc) is 2.76. The van der Waals surface area contributed by atoms with Crippen molar-refractivity contribution in [2.45, 2.75) is 19.3 Å². The summed E-state index contributed by atoms with van der Waals surface area (Å²) >= 11 is 0. The molecular weight excluding hydrogens is 388 g/mol.